The van der Waals surface area contributed by atoms with Crippen LogP contribution >= 0.6 is 0 Å². The van der Waals surface area contributed by atoms with Crippen molar-refractivity contribution in [2.24, 2.45) is 5.73 Å². The summed E-state index contributed by atoms with van der Waals surface area (Å²) in [6, 6.07) is 0.280. The molecule has 0 aliphatic heterocycles. The molecule has 0 amide bonds. The van der Waals surface area contributed by atoms with Crippen LogP contribution in [0.15, 0.2) is 0 Å². The second-order valence-corrected chi connectivity index (χ2v) is 3.70. The highest BCUT2D eigenvalue weighted by Crippen LogP contribution is 2.20. The van der Waals surface area contributed by atoms with E-state index in [-0.39, 0.29) is 6.04 Å². The van der Waals surface area contributed by atoms with E-state index in [0.717, 1.165) is 38.9 Å². The zero-order valence-electron chi connectivity index (χ0n) is 8.50. The highest BCUT2D eigenvalue weighted by molar-refractivity contribution is 4.80. The van der Waals surface area contributed by atoms with Gasteiger partial charge in [-0.05, 0) is 32.1 Å². The van der Waals surface area contributed by atoms with Crippen LogP contribution in [0, 0.1) is 0 Å². The van der Waals surface area contributed by atoms with Gasteiger partial charge in [0.1, 0.15) is 0 Å². The molecule has 0 spiro atoms. The number of unbranched alkanes of at least 4 members (excludes halogenated alkanes) is 1. The van der Waals surface area contributed by atoms with Crippen LogP contribution in [0.4, 0.5) is 0 Å². The second-order valence-electron chi connectivity index (χ2n) is 3.70. The third kappa shape index (κ3) is 4.07. The molecule has 2 unspecified atom stereocenters. The quantitative estimate of drug-likeness (QED) is 0.638. The van der Waals surface area contributed by atoms with E-state index in [1.807, 2.05) is 0 Å². The van der Waals surface area contributed by atoms with Crippen LogP contribution < -0.4 is 5.73 Å². The first-order chi connectivity index (χ1) is 6.34. The van der Waals surface area contributed by atoms with Crippen molar-refractivity contribution in [3.63, 3.8) is 0 Å². The Morgan fingerprint density at radius 3 is 2.62 bits per heavy atom. The topological polar surface area (TPSA) is 44.5 Å². The Labute approximate surface area is 80.6 Å². The number of methoxy groups -OCH3 is 1. The summed E-state index contributed by atoms with van der Waals surface area (Å²) in [5, 5.41) is 0. The first kappa shape index (κ1) is 11.0. The number of hydrogen-bond acceptors (Lipinski definition) is 3. The highest BCUT2D eigenvalue weighted by Gasteiger charge is 2.23. The van der Waals surface area contributed by atoms with Crippen LogP contribution in [0.25, 0.3) is 0 Å². The van der Waals surface area contributed by atoms with Gasteiger partial charge in [-0.1, -0.05) is 0 Å². The largest absolute Gasteiger partial charge is 0.385 e. The monoisotopic (exact) mass is 187 g/mol. The molecule has 1 saturated carbocycles. The van der Waals surface area contributed by atoms with E-state index in [2.05, 4.69) is 0 Å². The van der Waals surface area contributed by atoms with E-state index in [1.165, 1.54) is 6.42 Å². The lowest BCUT2D eigenvalue weighted by atomic mass is 10.2. The predicted molar refractivity (Wildman–Crippen MR) is 52.7 cm³/mol. The molecule has 0 aromatic heterocycles. The third-order valence-electron chi connectivity index (χ3n) is 2.58. The van der Waals surface area contributed by atoms with Crippen LogP contribution in [0.2, 0.25) is 0 Å². The Morgan fingerprint density at radius 1 is 1.23 bits per heavy atom. The van der Waals surface area contributed by atoms with Gasteiger partial charge in [0.2, 0.25) is 0 Å². The van der Waals surface area contributed by atoms with Crippen molar-refractivity contribution in [2.75, 3.05) is 20.3 Å². The average molecular weight is 187 g/mol. The summed E-state index contributed by atoms with van der Waals surface area (Å²) in [6.45, 7) is 1.67. The van der Waals surface area contributed by atoms with E-state index < -0.39 is 0 Å². The fourth-order valence-electron chi connectivity index (χ4n) is 1.74. The fourth-order valence-corrected chi connectivity index (χ4v) is 1.74. The second kappa shape index (κ2) is 6.35. The molecule has 2 atom stereocenters. The lowest BCUT2D eigenvalue weighted by Gasteiger charge is -2.15. The van der Waals surface area contributed by atoms with E-state index in [0.29, 0.717) is 6.10 Å². The van der Waals surface area contributed by atoms with Crippen molar-refractivity contribution in [3.8, 4) is 0 Å². The Bertz CT molecular complexity index is 130. The van der Waals surface area contributed by atoms with Gasteiger partial charge in [-0.3, -0.25) is 0 Å². The van der Waals surface area contributed by atoms with Crippen molar-refractivity contribution in [1.82, 2.24) is 0 Å². The molecule has 1 fully saturated rings. The number of rotatable bonds is 6. The molecule has 0 radical (unpaired) electrons. The summed E-state index contributed by atoms with van der Waals surface area (Å²) in [5.41, 5.74) is 5.87. The maximum atomic E-state index is 5.87. The Hall–Kier alpha value is -0.120. The lowest BCUT2D eigenvalue weighted by Crippen LogP contribution is -2.31. The van der Waals surface area contributed by atoms with Crippen molar-refractivity contribution < 1.29 is 9.47 Å². The van der Waals surface area contributed by atoms with E-state index in [4.69, 9.17) is 15.2 Å². The van der Waals surface area contributed by atoms with Gasteiger partial charge >= 0.3 is 0 Å². The van der Waals surface area contributed by atoms with Gasteiger partial charge in [-0.2, -0.15) is 0 Å². The maximum Gasteiger partial charge on any atom is 0.0725 e. The average Bonchev–Trinajstić information content (AvgIpc) is 2.52. The SMILES string of the molecule is COCCCCOC1CCCC1N. The minimum Gasteiger partial charge on any atom is -0.385 e. The molecule has 1 rings (SSSR count). The lowest BCUT2D eigenvalue weighted by molar-refractivity contribution is 0.0425. The van der Waals surface area contributed by atoms with Crippen molar-refractivity contribution in [2.45, 2.75) is 44.2 Å². The fraction of sp³-hybridized carbons (Fsp3) is 1.00. The summed E-state index contributed by atoms with van der Waals surface area (Å²) in [7, 11) is 1.73. The molecule has 1 aliphatic carbocycles. The molecular weight excluding hydrogens is 166 g/mol. The molecule has 78 valence electrons. The normalized spacial score (nSPS) is 28.2. The molecular formula is C10H21NO2. The van der Waals surface area contributed by atoms with Gasteiger partial charge in [-0.15, -0.1) is 0 Å². The summed E-state index contributed by atoms with van der Waals surface area (Å²) >= 11 is 0. The Morgan fingerprint density at radius 2 is 2.00 bits per heavy atom. The standard InChI is InChI=1S/C10H21NO2/c1-12-7-2-3-8-13-10-6-4-5-9(10)11/h9-10H,2-8,11H2,1H3. The molecule has 0 saturated heterocycles. The van der Waals surface area contributed by atoms with Crippen LogP contribution in [0.5, 0.6) is 0 Å². The maximum absolute atomic E-state index is 5.87. The molecule has 0 heterocycles. The summed E-state index contributed by atoms with van der Waals surface area (Å²) < 4.78 is 10.6. The van der Waals surface area contributed by atoms with Crippen LogP contribution in [0.3, 0.4) is 0 Å². The minimum absolute atomic E-state index is 0.280. The van der Waals surface area contributed by atoms with Gasteiger partial charge in [0.05, 0.1) is 6.10 Å². The van der Waals surface area contributed by atoms with Gasteiger partial charge in [-0.25, -0.2) is 0 Å². The molecule has 3 heteroatoms. The first-order valence-electron chi connectivity index (χ1n) is 5.20. The van der Waals surface area contributed by atoms with Gasteiger partial charge in [0, 0.05) is 26.4 Å². The van der Waals surface area contributed by atoms with Gasteiger partial charge < -0.3 is 15.2 Å². The first-order valence-corrected chi connectivity index (χ1v) is 5.20. The molecule has 1 aliphatic rings. The Balaban J connectivity index is 1.93. The van der Waals surface area contributed by atoms with Crippen LogP contribution in [0.1, 0.15) is 32.1 Å². The summed E-state index contributed by atoms with van der Waals surface area (Å²) in [4.78, 5) is 0. The molecule has 0 bridgehead atoms. The van der Waals surface area contributed by atoms with Gasteiger partial charge in [0.15, 0.2) is 0 Å². The predicted octanol–water partition coefficient (Wildman–Crippen LogP) is 1.31. The number of ether oxygens (including phenoxy) is 2. The van der Waals surface area contributed by atoms with E-state index >= 15 is 0 Å². The summed E-state index contributed by atoms with van der Waals surface area (Å²) in [6.07, 6.45) is 5.98. The van der Waals surface area contributed by atoms with Crippen LogP contribution in [-0.2, 0) is 9.47 Å². The van der Waals surface area contributed by atoms with Crippen molar-refractivity contribution in [3.05, 3.63) is 0 Å². The van der Waals surface area contributed by atoms with E-state index in [9.17, 15) is 0 Å². The highest BCUT2D eigenvalue weighted by atomic mass is 16.5. The zero-order valence-corrected chi connectivity index (χ0v) is 8.50. The summed E-state index contributed by atoms with van der Waals surface area (Å²) in [5.74, 6) is 0. The molecule has 0 aromatic carbocycles. The molecule has 2 N–H and O–H groups in total. The molecule has 13 heavy (non-hydrogen) atoms. The smallest absolute Gasteiger partial charge is 0.0725 e. The molecule has 0 aromatic rings. The van der Waals surface area contributed by atoms with Crippen molar-refractivity contribution >= 4 is 0 Å². The van der Waals surface area contributed by atoms with Gasteiger partial charge in [0.25, 0.3) is 0 Å². The van der Waals surface area contributed by atoms with E-state index in [1.54, 1.807) is 7.11 Å². The Kier molecular flexibility index (Phi) is 5.35. The number of hydrogen-bond donors (Lipinski definition) is 1. The molecule has 3 nitrogen and oxygen atoms in total. The number of nitrogens with two attached hydrogens (primary N) is 1. The zero-order chi connectivity index (χ0) is 9.52. The van der Waals surface area contributed by atoms with Crippen molar-refractivity contribution in [1.29, 1.82) is 0 Å². The third-order valence-corrected chi connectivity index (χ3v) is 2.58. The minimum atomic E-state index is 0.280. The van der Waals surface area contributed by atoms with Crippen LogP contribution in [-0.4, -0.2) is 32.5 Å².